The van der Waals surface area contributed by atoms with E-state index in [0.29, 0.717) is 23.0 Å². The van der Waals surface area contributed by atoms with Crippen molar-refractivity contribution in [2.24, 2.45) is 0 Å². The fourth-order valence-electron chi connectivity index (χ4n) is 2.37. The number of rotatable bonds is 6. The lowest BCUT2D eigenvalue weighted by molar-refractivity contribution is -0.120. The fourth-order valence-corrected chi connectivity index (χ4v) is 2.37. The number of methoxy groups -OCH3 is 1. The van der Waals surface area contributed by atoms with Crippen LogP contribution in [0.1, 0.15) is 11.4 Å². The number of H-pyrrole nitrogens is 1. The van der Waals surface area contributed by atoms with E-state index in [9.17, 15) is 9.18 Å². The summed E-state index contributed by atoms with van der Waals surface area (Å²) < 4.78 is 18.2. The first-order valence-electron chi connectivity index (χ1n) is 7.71. The number of aromatic amines is 1. The van der Waals surface area contributed by atoms with Crippen molar-refractivity contribution >= 4 is 5.91 Å². The van der Waals surface area contributed by atoms with Gasteiger partial charge in [0.05, 0.1) is 20.1 Å². The van der Waals surface area contributed by atoms with Crippen LogP contribution in [0.5, 0.6) is 5.75 Å². The number of amides is 1. The van der Waals surface area contributed by atoms with Crippen LogP contribution in [0.4, 0.5) is 4.39 Å². The molecule has 2 N–H and O–H groups in total. The summed E-state index contributed by atoms with van der Waals surface area (Å²) in [5, 5.41) is 9.63. The predicted molar refractivity (Wildman–Crippen MR) is 90.3 cm³/mol. The van der Waals surface area contributed by atoms with Gasteiger partial charge in [-0.2, -0.15) is 5.10 Å². The number of hydrogen-bond acceptors (Lipinski definition) is 4. The van der Waals surface area contributed by atoms with E-state index >= 15 is 0 Å². The molecule has 1 heterocycles. The average Bonchev–Trinajstić information content (AvgIpc) is 3.10. The molecule has 128 valence electrons. The normalized spacial score (nSPS) is 10.5. The standard InChI is InChI=1S/C18H17FN4O2/c1-25-15-5-3-2-4-13(15)10-17(24)20-11-16-21-18(23-22-16)12-6-8-14(19)9-7-12/h2-9H,10-11H2,1H3,(H,20,24)(H,21,22,23). The lowest BCUT2D eigenvalue weighted by atomic mass is 10.1. The van der Waals surface area contributed by atoms with E-state index < -0.39 is 0 Å². The first-order valence-corrected chi connectivity index (χ1v) is 7.71. The molecule has 1 aromatic heterocycles. The number of benzene rings is 2. The highest BCUT2D eigenvalue weighted by molar-refractivity contribution is 5.79. The number of nitrogens with zero attached hydrogens (tertiary/aromatic N) is 2. The van der Waals surface area contributed by atoms with E-state index in [0.717, 1.165) is 5.56 Å². The van der Waals surface area contributed by atoms with Gasteiger partial charge in [-0.1, -0.05) is 18.2 Å². The molecular formula is C18H17FN4O2. The largest absolute Gasteiger partial charge is 0.496 e. The zero-order valence-electron chi connectivity index (χ0n) is 13.6. The van der Waals surface area contributed by atoms with E-state index in [4.69, 9.17) is 4.74 Å². The molecular weight excluding hydrogens is 323 g/mol. The summed E-state index contributed by atoms with van der Waals surface area (Å²) in [5.74, 6) is 1.19. The monoisotopic (exact) mass is 340 g/mol. The zero-order chi connectivity index (χ0) is 17.6. The molecule has 0 aliphatic carbocycles. The van der Waals surface area contributed by atoms with Crippen LogP contribution < -0.4 is 10.1 Å². The van der Waals surface area contributed by atoms with Gasteiger partial charge in [0.15, 0.2) is 5.82 Å². The van der Waals surface area contributed by atoms with E-state index in [2.05, 4.69) is 20.5 Å². The molecule has 3 aromatic rings. The second-order valence-corrected chi connectivity index (χ2v) is 5.38. The smallest absolute Gasteiger partial charge is 0.224 e. The predicted octanol–water partition coefficient (Wildman–Crippen LogP) is 2.48. The third kappa shape index (κ3) is 4.20. The third-order valence-corrected chi connectivity index (χ3v) is 3.63. The highest BCUT2D eigenvalue weighted by Gasteiger charge is 2.10. The summed E-state index contributed by atoms with van der Waals surface area (Å²) in [5.41, 5.74) is 1.51. The highest BCUT2D eigenvalue weighted by Crippen LogP contribution is 2.18. The van der Waals surface area contributed by atoms with Crippen LogP contribution in [0.15, 0.2) is 48.5 Å². The van der Waals surface area contributed by atoms with Crippen LogP contribution in [0.2, 0.25) is 0 Å². The van der Waals surface area contributed by atoms with Gasteiger partial charge in [0.25, 0.3) is 0 Å². The van der Waals surface area contributed by atoms with Crippen LogP contribution in [0.3, 0.4) is 0 Å². The molecule has 1 amide bonds. The van der Waals surface area contributed by atoms with Gasteiger partial charge in [0.1, 0.15) is 17.4 Å². The van der Waals surface area contributed by atoms with Crippen molar-refractivity contribution in [2.45, 2.75) is 13.0 Å². The van der Waals surface area contributed by atoms with Crippen molar-refractivity contribution in [3.05, 3.63) is 65.7 Å². The second kappa shape index (κ2) is 7.57. The number of nitrogens with one attached hydrogen (secondary N) is 2. The van der Waals surface area contributed by atoms with Gasteiger partial charge in [-0.05, 0) is 30.3 Å². The molecule has 0 atom stereocenters. The van der Waals surface area contributed by atoms with Crippen LogP contribution in [0.25, 0.3) is 11.4 Å². The summed E-state index contributed by atoms with van der Waals surface area (Å²) in [6, 6.07) is 13.3. The number of carbonyl (C=O) groups excluding carboxylic acids is 1. The number of para-hydroxylation sites is 1. The molecule has 0 radical (unpaired) electrons. The van der Waals surface area contributed by atoms with Gasteiger partial charge in [0, 0.05) is 11.1 Å². The molecule has 0 saturated carbocycles. The van der Waals surface area contributed by atoms with E-state index in [1.165, 1.54) is 12.1 Å². The first kappa shape index (κ1) is 16.6. The van der Waals surface area contributed by atoms with E-state index in [1.807, 2.05) is 24.3 Å². The van der Waals surface area contributed by atoms with Gasteiger partial charge in [-0.3, -0.25) is 9.89 Å². The van der Waals surface area contributed by atoms with Crippen molar-refractivity contribution in [1.82, 2.24) is 20.5 Å². The summed E-state index contributed by atoms with van der Waals surface area (Å²) in [4.78, 5) is 16.4. The van der Waals surface area contributed by atoms with Gasteiger partial charge in [0.2, 0.25) is 5.91 Å². The van der Waals surface area contributed by atoms with E-state index in [1.54, 1.807) is 19.2 Å². The maximum Gasteiger partial charge on any atom is 0.224 e. The molecule has 0 aliphatic rings. The average molecular weight is 340 g/mol. The molecule has 6 nitrogen and oxygen atoms in total. The quantitative estimate of drug-likeness (QED) is 0.722. The van der Waals surface area contributed by atoms with Crippen molar-refractivity contribution in [2.75, 3.05) is 7.11 Å². The van der Waals surface area contributed by atoms with Gasteiger partial charge >= 0.3 is 0 Å². The maximum absolute atomic E-state index is 12.9. The molecule has 25 heavy (non-hydrogen) atoms. The van der Waals surface area contributed by atoms with Crippen molar-refractivity contribution < 1.29 is 13.9 Å². The number of halogens is 1. The fraction of sp³-hybridized carbons (Fsp3) is 0.167. The molecule has 0 unspecified atom stereocenters. The van der Waals surface area contributed by atoms with Gasteiger partial charge < -0.3 is 10.1 Å². The Hall–Kier alpha value is -3.22. The van der Waals surface area contributed by atoms with Crippen molar-refractivity contribution in [1.29, 1.82) is 0 Å². The summed E-state index contributed by atoms with van der Waals surface area (Å²) in [6.45, 7) is 0.224. The third-order valence-electron chi connectivity index (χ3n) is 3.63. The Morgan fingerprint density at radius 2 is 1.96 bits per heavy atom. The van der Waals surface area contributed by atoms with E-state index in [-0.39, 0.29) is 24.7 Å². The number of aromatic nitrogens is 3. The first-order chi connectivity index (χ1) is 12.2. The molecule has 0 fully saturated rings. The lowest BCUT2D eigenvalue weighted by Gasteiger charge is -2.08. The molecule has 7 heteroatoms. The highest BCUT2D eigenvalue weighted by atomic mass is 19.1. The summed E-state index contributed by atoms with van der Waals surface area (Å²) >= 11 is 0. The van der Waals surface area contributed by atoms with Gasteiger partial charge in [-0.15, -0.1) is 0 Å². The molecule has 0 spiro atoms. The van der Waals surface area contributed by atoms with Crippen molar-refractivity contribution in [3.63, 3.8) is 0 Å². The van der Waals surface area contributed by atoms with Crippen LogP contribution in [0, 0.1) is 5.82 Å². The Bertz CT molecular complexity index is 862. The van der Waals surface area contributed by atoms with Crippen LogP contribution in [-0.2, 0) is 17.8 Å². The number of hydrogen-bond donors (Lipinski definition) is 2. The second-order valence-electron chi connectivity index (χ2n) is 5.38. The molecule has 3 rings (SSSR count). The minimum absolute atomic E-state index is 0.149. The maximum atomic E-state index is 12.9. The topological polar surface area (TPSA) is 79.9 Å². The Kier molecular flexibility index (Phi) is 5.03. The summed E-state index contributed by atoms with van der Waals surface area (Å²) in [6.07, 6.45) is 0.211. The van der Waals surface area contributed by atoms with Crippen LogP contribution in [-0.4, -0.2) is 28.2 Å². The Morgan fingerprint density at radius 3 is 2.72 bits per heavy atom. The van der Waals surface area contributed by atoms with Crippen molar-refractivity contribution in [3.8, 4) is 17.1 Å². The SMILES string of the molecule is COc1ccccc1CC(=O)NCc1nc(-c2ccc(F)cc2)n[nH]1. The Morgan fingerprint density at radius 1 is 1.20 bits per heavy atom. The molecule has 0 aliphatic heterocycles. The minimum Gasteiger partial charge on any atom is -0.496 e. The van der Waals surface area contributed by atoms with Gasteiger partial charge in [-0.25, -0.2) is 9.37 Å². The van der Waals surface area contributed by atoms with Crippen LogP contribution >= 0.6 is 0 Å². The minimum atomic E-state index is -0.317. The summed E-state index contributed by atoms with van der Waals surface area (Å²) in [7, 11) is 1.57. The Balaban J connectivity index is 1.58. The zero-order valence-corrected chi connectivity index (χ0v) is 13.6. The molecule has 0 saturated heterocycles. The molecule has 2 aromatic carbocycles. The molecule has 0 bridgehead atoms. The lowest BCUT2D eigenvalue weighted by Crippen LogP contribution is -2.25. The Labute approximate surface area is 144 Å². The number of ether oxygens (including phenoxy) is 1. The number of carbonyl (C=O) groups is 1.